The summed E-state index contributed by atoms with van der Waals surface area (Å²) >= 11 is 0. The van der Waals surface area contributed by atoms with Crippen LogP contribution in [0.4, 0.5) is 11.4 Å². The van der Waals surface area contributed by atoms with Gasteiger partial charge in [0.2, 0.25) is 5.91 Å². The smallest absolute Gasteiger partial charge is 0.337 e. The molecule has 1 unspecified atom stereocenters. The summed E-state index contributed by atoms with van der Waals surface area (Å²) in [5.74, 6) is -1.91. The SMILES string of the molecule is COC(=O)c1ccc(N2C(=O)CC(N(C(=O)c3ccc([N+](=O)[O-])cc3)C3CCCCCC3)C2=O)cc1. The quantitative estimate of drug-likeness (QED) is 0.196. The topological polar surface area (TPSA) is 127 Å². The minimum absolute atomic E-state index is 0.138. The van der Waals surface area contributed by atoms with Crippen molar-refractivity contribution >= 4 is 35.1 Å². The Hall–Kier alpha value is -4.08. The van der Waals surface area contributed by atoms with Crippen molar-refractivity contribution in [3.63, 3.8) is 0 Å². The Kier molecular flexibility index (Phi) is 7.42. The summed E-state index contributed by atoms with van der Waals surface area (Å²) in [7, 11) is 1.26. The Morgan fingerprint density at radius 2 is 1.53 bits per heavy atom. The van der Waals surface area contributed by atoms with E-state index in [4.69, 9.17) is 4.74 Å². The van der Waals surface area contributed by atoms with E-state index in [1.807, 2.05) is 0 Å². The van der Waals surface area contributed by atoms with Crippen molar-refractivity contribution in [2.45, 2.75) is 57.0 Å². The lowest BCUT2D eigenvalue weighted by Gasteiger charge is -2.35. The monoisotopic (exact) mass is 493 g/mol. The number of non-ortho nitro benzene ring substituents is 1. The van der Waals surface area contributed by atoms with Gasteiger partial charge in [-0.25, -0.2) is 9.69 Å². The summed E-state index contributed by atoms with van der Waals surface area (Å²) in [6.07, 6.45) is 5.14. The first kappa shape index (κ1) is 25.0. The Bertz CT molecular complexity index is 1170. The number of hydrogen-bond donors (Lipinski definition) is 0. The first-order valence-corrected chi connectivity index (χ1v) is 11.9. The molecule has 2 aliphatic rings. The number of nitro benzene ring substituents is 1. The highest BCUT2D eigenvalue weighted by Gasteiger charge is 2.46. The number of rotatable bonds is 6. The van der Waals surface area contributed by atoms with Crippen LogP contribution in [0.25, 0.3) is 0 Å². The highest BCUT2D eigenvalue weighted by Crippen LogP contribution is 2.32. The van der Waals surface area contributed by atoms with E-state index in [-0.39, 0.29) is 29.3 Å². The molecule has 1 aliphatic carbocycles. The van der Waals surface area contributed by atoms with Crippen LogP contribution in [0.5, 0.6) is 0 Å². The largest absolute Gasteiger partial charge is 0.465 e. The average molecular weight is 494 g/mol. The molecule has 1 saturated heterocycles. The highest BCUT2D eigenvalue weighted by atomic mass is 16.6. The number of esters is 1. The zero-order valence-electron chi connectivity index (χ0n) is 19.9. The van der Waals surface area contributed by atoms with E-state index in [1.54, 1.807) is 0 Å². The van der Waals surface area contributed by atoms with E-state index in [0.29, 0.717) is 18.5 Å². The molecule has 0 N–H and O–H groups in total. The number of anilines is 1. The normalized spacial score (nSPS) is 18.6. The van der Waals surface area contributed by atoms with Crippen LogP contribution in [0.1, 0.15) is 65.7 Å². The van der Waals surface area contributed by atoms with Crippen LogP contribution in [-0.4, -0.2) is 52.7 Å². The molecule has 36 heavy (non-hydrogen) atoms. The standard InChI is InChI=1S/C26H27N3O7/c1-36-26(33)18-10-12-20(13-11-18)28-23(30)16-22(25(28)32)27(19-6-4-2-3-5-7-19)24(31)17-8-14-21(15-9-17)29(34)35/h8-15,19,22H,2-7,16H2,1H3. The van der Waals surface area contributed by atoms with Gasteiger partial charge in [0.15, 0.2) is 0 Å². The number of carbonyl (C=O) groups excluding carboxylic acids is 4. The molecule has 0 spiro atoms. The van der Waals surface area contributed by atoms with E-state index in [9.17, 15) is 29.3 Å². The Labute approximate surface area is 208 Å². The lowest BCUT2D eigenvalue weighted by atomic mass is 10.0. The van der Waals surface area contributed by atoms with Gasteiger partial charge in [0.25, 0.3) is 17.5 Å². The van der Waals surface area contributed by atoms with Gasteiger partial charge in [-0.05, 0) is 49.2 Å². The molecule has 2 aromatic carbocycles. The maximum atomic E-state index is 13.7. The predicted octanol–water partition coefficient (Wildman–Crippen LogP) is 3.88. The van der Waals surface area contributed by atoms with Crippen molar-refractivity contribution in [2.24, 2.45) is 0 Å². The van der Waals surface area contributed by atoms with Gasteiger partial charge >= 0.3 is 5.97 Å². The van der Waals surface area contributed by atoms with Gasteiger partial charge in [-0.2, -0.15) is 0 Å². The van der Waals surface area contributed by atoms with Crippen molar-refractivity contribution in [3.8, 4) is 0 Å². The summed E-state index contributed by atoms with van der Waals surface area (Å²) in [5, 5.41) is 11.0. The van der Waals surface area contributed by atoms with Crippen molar-refractivity contribution in [3.05, 3.63) is 69.8 Å². The number of methoxy groups -OCH3 is 1. The first-order valence-electron chi connectivity index (χ1n) is 11.9. The molecular weight excluding hydrogens is 466 g/mol. The molecule has 0 aromatic heterocycles. The number of amides is 3. The van der Waals surface area contributed by atoms with Crippen molar-refractivity contribution in [2.75, 3.05) is 12.0 Å². The Morgan fingerprint density at radius 3 is 2.08 bits per heavy atom. The van der Waals surface area contributed by atoms with Crippen LogP contribution in [-0.2, 0) is 14.3 Å². The highest BCUT2D eigenvalue weighted by molar-refractivity contribution is 6.23. The molecule has 2 fully saturated rings. The van der Waals surface area contributed by atoms with Gasteiger partial charge < -0.3 is 9.64 Å². The number of ether oxygens (including phenoxy) is 1. The van der Waals surface area contributed by atoms with Crippen LogP contribution < -0.4 is 4.90 Å². The third-order valence-electron chi connectivity index (χ3n) is 6.78. The summed E-state index contributed by atoms with van der Waals surface area (Å²) in [6, 6.07) is 10.0. The molecule has 1 atom stereocenters. The maximum absolute atomic E-state index is 13.7. The van der Waals surface area contributed by atoms with E-state index in [0.717, 1.165) is 30.6 Å². The second kappa shape index (κ2) is 10.7. The minimum atomic E-state index is -0.983. The second-order valence-electron chi connectivity index (χ2n) is 8.99. The molecule has 10 heteroatoms. The van der Waals surface area contributed by atoms with Crippen molar-refractivity contribution < 1.29 is 28.8 Å². The molecule has 2 aromatic rings. The Balaban J connectivity index is 1.65. The lowest BCUT2D eigenvalue weighted by molar-refractivity contribution is -0.384. The molecule has 3 amide bonds. The fourth-order valence-electron chi connectivity index (χ4n) is 4.94. The first-order chi connectivity index (χ1) is 17.3. The van der Waals surface area contributed by atoms with Gasteiger partial charge in [-0.15, -0.1) is 0 Å². The zero-order valence-corrected chi connectivity index (χ0v) is 19.9. The van der Waals surface area contributed by atoms with Crippen LogP contribution in [0.3, 0.4) is 0 Å². The summed E-state index contributed by atoms with van der Waals surface area (Å²) < 4.78 is 4.69. The second-order valence-corrected chi connectivity index (χ2v) is 8.99. The van der Waals surface area contributed by atoms with Crippen LogP contribution >= 0.6 is 0 Å². The van der Waals surface area contributed by atoms with E-state index in [1.165, 1.54) is 60.5 Å². The molecule has 0 radical (unpaired) electrons. The number of nitrogens with zero attached hydrogens (tertiary/aromatic N) is 3. The zero-order chi connectivity index (χ0) is 25.8. The number of imide groups is 1. The fourth-order valence-corrected chi connectivity index (χ4v) is 4.94. The van der Waals surface area contributed by atoms with Crippen LogP contribution in [0.15, 0.2) is 48.5 Å². The molecule has 1 saturated carbocycles. The van der Waals surface area contributed by atoms with Crippen LogP contribution in [0, 0.1) is 10.1 Å². The fraction of sp³-hybridized carbons (Fsp3) is 0.385. The third kappa shape index (κ3) is 4.98. The summed E-state index contributed by atoms with van der Waals surface area (Å²) in [4.78, 5) is 65.1. The van der Waals surface area contributed by atoms with Gasteiger partial charge in [-0.1, -0.05) is 25.7 Å². The lowest BCUT2D eigenvalue weighted by Crippen LogP contribution is -2.50. The van der Waals surface area contributed by atoms with Crippen molar-refractivity contribution in [1.82, 2.24) is 4.90 Å². The number of nitro groups is 1. The van der Waals surface area contributed by atoms with Crippen LogP contribution in [0.2, 0.25) is 0 Å². The van der Waals surface area contributed by atoms with E-state index < -0.39 is 34.7 Å². The molecule has 1 aliphatic heterocycles. The van der Waals surface area contributed by atoms with Gasteiger partial charge in [-0.3, -0.25) is 24.5 Å². The molecule has 1 heterocycles. The van der Waals surface area contributed by atoms with E-state index in [2.05, 4.69) is 0 Å². The average Bonchev–Trinajstić information content (AvgIpc) is 3.05. The molecular formula is C26H27N3O7. The van der Waals surface area contributed by atoms with E-state index >= 15 is 0 Å². The van der Waals surface area contributed by atoms with Gasteiger partial charge in [0.1, 0.15) is 6.04 Å². The molecule has 10 nitrogen and oxygen atoms in total. The summed E-state index contributed by atoms with van der Waals surface area (Å²) in [5.41, 5.74) is 0.682. The third-order valence-corrected chi connectivity index (χ3v) is 6.78. The molecule has 0 bridgehead atoms. The number of carbonyl (C=O) groups is 4. The number of hydrogen-bond acceptors (Lipinski definition) is 7. The van der Waals surface area contributed by atoms with Gasteiger partial charge in [0.05, 0.1) is 29.7 Å². The molecule has 4 rings (SSSR count). The van der Waals surface area contributed by atoms with Gasteiger partial charge in [0, 0.05) is 23.7 Å². The minimum Gasteiger partial charge on any atom is -0.465 e. The maximum Gasteiger partial charge on any atom is 0.337 e. The Morgan fingerprint density at radius 1 is 0.944 bits per heavy atom. The van der Waals surface area contributed by atoms with Crippen molar-refractivity contribution in [1.29, 1.82) is 0 Å². The predicted molar refractivity (Wildman–Crippen MR) is 129 cm³/mol. The summed E-state index contributed by atoms with van der Waals surface area (Å²) in [6.45, 7) is 0. The molecule has 188 valence electrons. The number of benzene rings is 2.